The highest BCUT2D eigenvalue weighted by Crippen LogP contribution is 2.49. The molecule has 1 aromatic heterocycles. The lowest BCUT2D eigenvalue weighted by Crippen LogP contribution is -2.60. The monoisotopic (exact) mass is 574 g/mol. The zero-order valence-corrected chi connectivity index (χ0v) is 25.7. The highest BCUT2D eigenvalue weighted by molar-refractivity contribution is 7.88. The van der Waals surface area contributed by atoms with Crippen molar-refractivity contribution in [1.29, 1.82) is 0 Å². The zero-order valence-electron chi connectivity index (χ0n) is 24.9. The van der Waals surface area contributed by atoms with Gasteiger partial charge in [0.15, 0.2) is 5.82 Å². The van der Waals surface area contributed by atoms with Crippen LogP contribution in [0.4, 0.5) is 5.82 Å². The number of aromatic nitrogens is 2. The van der Waals surface area contributed by atoms with Gasteiger partial charge in [-0.05, 0) is 62.7 Å². The third kappa shape index (κ3) is 7.40. The van der Waals surface area contributed by atoms with Crippen molar-refractivity contribution in [2.75, 3.05) is 32.7 Å². The fourth-order valence-corrected chi connectivity index (χ4v) is 7.04. The summed E-state index contributed by atoms with van der Waals surface area (Å²) in [6.45, 7) is 10.0. The van der Waals surface area contributed by atoms with Crippen LogP contribution in [-0.2, 0) is 10.0 Å². The van der Waals surface area contributed by atoms with E-state index in [2.05, 4.69) is 40.3 Å². The summed E-state index contributed by atoms with van der Waals surface area (Å²) in [7, 11) is 2.44. The molecule has 1 heterocycles. The fourth-order valence-electron chi connectivity index (χ4n) is 5.95. The Hall–Kier alpha value is -3.56. The first-order valence-corrected chi connectivity index (χ1v) is 15.8. The van der Waals surface area contributed by atoms with Crippen LogP contribution in [0.15, 0.2) is 72.5 Å². The minimum Gasteiger partial charge on any atom is -0.383 e. The predicted octanol–water partition coefficient (Wildman–Crippen LogP) is 5.70. The van der Waals surface area contributed by atoms with Gasteiger partial charge in [-0.3, -0.25) is 4.99 Å². The van der Waals surface area contributed by atoms with Gasteiger partial charge in [-0.15, -0.1) is 0 Å². The van der Waals surface area contributed by atoms with Gasteiger partial charge >= 0.3 is 0 Å². The number of benzene rings is 1. The van der Waals surface area contributed by atoms with Crippen LogP contribution in [0.5, 0.6) is 0 Å². The zero-order chi connectivity index (χ0) is 29.8. The molecule has 0 atom stereocenters. The molecule has 0 saturated heterocycles. The number of sulfonamides is 1. The Labute approximate surface area is 245 Å². The fraction of sp³-hybridized carbons (Fsp3) is 0.406. The molecule has 3 aliphatic carbocycles. The largest absolute Gasteiger partial charge is 0.383 e. The van der Waals surface area contributed by atoms with Crippen LogP contribution >= 0.6 is 0 Å². The number of hydrogen-bond donors (Lipinski definition) is 2. The van der Waals surface area contributed by atoms with Crippen molar-refractivity contribution in [2.45, 2.75) is 56.5 Å². The number of hydrogen-bond acceptors (Lipinski definition) is 7. The summed E-state index contributed by atoms with van der Waals surface area (Å²) >= 11 is 0. The van der Waals surface area contributed by atoms with Crippen LogP contribution in [0.1, 0.15) is 56.6 Å². The second-order valence-electron chi connectivity index (χ2n) is 11.7. The lowest BCUT2D eigenvalue weighted by Gasteiger charge is -2.53. The van der Waals surface area contributed by atoms with Gasteiger partial charge in [0.1, 0.15) is 5.82 Å². The van der Waals surface area contributed by atoms with Crippen LogP contribution in [0, 0.1) is 0 Å². The molecule has 41 heavy (non-hydrogen) atoms. The second kappa shape index (κ2) is 12.1. The van der Waals surface area contributed by atoms with Gasteiger partial charge in [0.25, 0.3) is 0 Å². The molecule has 2 aromatic rings. The average Bonchev–Trinajstić information content (AvgIpc) is 2.91. The third-order valence-electron chi connectivity index (χ3n) is 7.87. The van der Waals surface area contributed by atoms with Crippen LogP contribution < -0.4 is 10.0 Å². The summed E-state index contributed by atoms with van der Waals surface area (Å²) in [5.41, 5.74) is 5.04. The Morgan fingerprint density at radius 1 is 1.10 bits per heavy atom. The predicted molar refractivity (Wildman–Crippen MR) is 171 cm³/mol. The Bertz CT molecular complexity index is 1500. The Balaban J connectivity index is 1.75. The summed E-state index contributed by atoms with van der Waals surface area (Å²) in [5.74, 6) is 1.36. The number of nitrogens with one attached hydrogen (secondary N) is 2. The molecular formula is C32H42N6O2S. The van der Waals surface area contributed by atoms with Crippen molar-refractivity contribution in [2.24, 2.45) is 4.99 Å². The van der Waals surface area contributed by atoms with E-state index in [1.165, 1.54) is 6.26 Å². The normalized spacial score (nSPS) is 23.0. The molecule has 3 aliphatic rings. The maximum absolute atomic E-state index is 12.1. The van der Waals surface area contributed by atoms with E-state index in [1.807, 2.05) is 68.8 Å². The van der Waals surface area contributed by atoms with Crippen LogP contribution in [0.25, 0.3) is 22.5 Å². The van der Waals surface area contributed by atoms with Crippen molar-refractivity contribution >= 4 is 33.2 Å². The summed E-state index contributed by atoms with van der Waals surface area (Å²) < 4.78 is 27.0. The highest BCUT2D eigenvalue weighted by atomic mass is 32.2. The standard InChI is InChI=1S/C32H42N6O2S/c1-8-24(22-38(5)6)25-10-9-11-26(19-25)29-34-21-28(27(20-33-4)18-23(2)3)30(35-29)36-31-12-15-32(16-13-31,17-14-31)37-41(7,39)40/h8-11,18-22,37H,1-2,12-17H2,3-7H3,(H,34,35,36)/b24-22+,27-18+,33-20-. The molecule has 0 aliphatic heterocycles. The van der Waals surface area contributed by atoms with Crippen molar-refractivity contribution in [3.05, 3.63) is 78.7 Å². The van der Waals surface area contributed by atoms with Crippen LogP contribution in [-0.4, -0.2) is 68.0 Å². The van der Waals surface area contributed by atoms with Crippen molar-refractivity contribution in [3.8, 4) is 11.4 Å². The third-order valence-corrected chi connectivity index (χ3v) is 8.68. The van der Waals surface area contributed by atoms with E-state index >= 15 is 0 Å². The first-order chi connectivity index (χ1) is 19.4. The molecule has 3 saturated carbocycles. The number of aliphatic imine (C=N–C) groups is 1. The molecule has 9 heteroatoms. The second-order valence-corrected chi connectivity index (χ2v) is 13.4. The van der Waals surface area contributed by atoms with E-state index in [4.69, 9.17) is 9.97 Å². The van der Waals surface area contributed by atoms with E-state index in [1.54, 1.807) is 7.05 Å². The molecule has 0 spiro atoms. The van der Waals surface area contributed by atoms with Gasteiger partial charge in [-0.25, -0.2) is 23.1 Å². The molecule has 0 radical (unpaired) electrons. The minimum absolute atomic E-state index is 0.175. The number of nitrogens with zero attached hydrogens (tertiary/aromatic N) is 4. The number of fused-ring (bicyclic) bond motifs is 3. The molecule has 3 fully saturated rings. The van der Waals surface area contributed by atoms with E-state index < -0.39 is 10.0 Å². The lowest BCUT2D eigenvalue weighted by atomic mass is 9.62. The molecule has 218 valence electrons. The summed E-state index contributed by atoms with van der Waals surface area (Å²) in [6.07, 6.45) is 15.7. The van der Waals surface area contributed by atoms with E-state index in [0.717, 1.165) is 77.8 Å². The van der Waals surface area contributed by atoms with Crippen molar-refractivity contribution < 1.29 is 8.42 Å². The number of anilines is 1. The molecule has 8 nitrogen and oxygen atoms in total. The topological polar surface area (TPSA) is 99.6 Å². The summed E-state index contributed by atoms with van der Waals surface area (Å²) in [6, 6.07) is 8.16. The quantitative estimate of drug-likeness (QED) is 0.264. The van der Waals surface area contributed by atoms with Gasteiger partial charge < -0.3 is 10.2 Å². The number of allylic oxidation sites excluding steroid dienone is 5. The first kappa shape index (κ1) is 30.4. The van der Waals surface area contributed by atoms with Crippen molar-refractivity contribution in [3.63, 3.8) is 0 Å². The van der Waals surface area contributed by atoms with Crippen molar-refractivity contribution in [1.82, 2.24) is 19.6 Å². The molecule has 5 rings (SSSR count). The molecule has 0 amide bonds. The Morgan fingerprint density at radius 3 is 2.32 bits per heavy atom. The molecule has 2 bridgehead atoms. The Kier molecular flexibility index (Phi) is 8.99. The van der Waals surface area contributed by atoms with E-state index in [9.17, 15) is 8.42 Å². The minimum atomic E-state index is -3.27. The van der Waals surface area contributed by atoms with Crippen LogP contribution in [0.3, 0.4) is 0 Å². The maximum atomic E-state index is 12.1. The molecular weight excluding hydrogens is 532 g/mol. The molecule has 1 aromatic carbocycles. The smallest absolute Gasteiger partial charge is 0.209 e. The summed E-state index contributed by atoms with van der Waals surface area (Å²) in [5, 5.41) is 3.83. The molecule has 2 N–H and O–H groups in total. The SMILES string of the molecule is C=C/C(=C\N(C)C)c1cccc(-c2ncc(C(/C=N\C)=C/C(=C)C)c(NC34CCC(NS(C)(=O)=O)(CC3)CC4)n2)c1. The maximum Gasteiger partial charge on any atom is 0.209 e. The average molecular weight is 575 g/mol. The van der Waals surface area contributed by atoms with Crippen LogP contribution in [0.2, 0.25) is 0 Å². The van der Waals surface area contributed by atoms with Gasteiger partial charge in [0, 0.05) is 67.5 Å². The van der Waals surface area contributed by atoms with Gasteiger partial charge in [0.05, 0.1) is 6.26 Å². The highest BCUT2D eigenvalue weighted by Gasteiger charge is 2.50. The summed E-state index contributed by atoms with van der Waals surface area (Å²) in [4.78, 5) is 16.2. The van der Waals surface area contributed by atoms with E-state index in [-0.39, 0.29) is 11.1 Å². The number of rotatable bonds is 11. The first-order valence-electron chi connectivity index (χ1n) is 13.9. The van der Waals surface area contributed by atoms with E-state index in [0.29, 0.717) is 5.82 Å². The van der Waals surface area contributed by atoms with Gasteiger partial charge in [0.2, 0.25) is 10.0 Å². The lowest BCUT2D eigenvalue weighted by molar-refractivity contribution is 0.113. The van der Waals surface area contributed by atoms with Gasteiger partial charge in [-0.1, -0.05) is 49.1 Å². The Morgan fingerprint density at radius 2 is 1.76 bits per heavy atom. The van der Waals surface area contributed by atoms with Gasteiger partial charge in [-0.2, -0.15) is 0 Å². The molecule has 0 unspecified atom stereocenters.